The van der Waals surface area contributed by atoms with Crippen molar-refractivity contribution >= 4 is 23.5 Å². The van der Waals surface area contributed by atoms with Crippen molar-refractivity contribution in [2.24, 2.45) is 0 Å². The van der Waals surface area contributed by atoms with Gasteiger partial charge in [-0.05, 0) is 35.8 Å². The molecule has 2 rings (SSSR count). The molecule has 0 spiro atoms. The number of aromatic nitrogens is 3. The van der Waals surface area contributed by atoms with E-state index in [1.807, 2.05) is 0 Å². The zero-order valence-electron chi connectivity index (χ0n) is 40.3. The summed E-state index contributed by atoms with van der Waals surface area (Å²) in [5.74, 6) is 3.22. The van der Waals surface area contributed by atoms with Crippen molar-refractivity contribution in [3.63, 3.8) is 0 Å². The lowest BCUT2D eigenvalue weighted by atomic mass is 9.78. The van der Waals surface area contributed by atoms with Gasteiger partial charge in [0.1, 0.15) is 5.75 Å². The molecule has 0 fully saturated rings. The minimum atomic E-state index is -0.206. The van der Waals surface area contributed by atoms with Crippen LogP contribution in [0.25, 0.3) is 11.4 Å². The Morgan fingerprint density at radius 1 is 0.390 bits per heavy atom. The number of unbranched alkanes of at least 4 members (excludes halogenated alkanes) is 30. The smallest absolute Gasteiger partial charge is 0.192 e. The molecule has 0 atom stereocenters. The Balaban J connectivity index is 1.82. The van der Waals surface area contributed by atoms with Crippen molar-refractivity contribution in [2.75, 3.05) is 11.5 Å². The summed E-state index contributed by atoms with van der Waals surface area (Å²) in [6, 6.07) is 4.24. The molecule has 0 aliphatic carbocycles. The summed E-state index contributed by atoms with van der Waals surface area (Å²) >= 11 is 3.59. The Labute approximate surface area is 375 Å². The molecular formula is C53H95N3OS2. The highest BCUT2D eigenvalue weighted by molar-refractivity contribution is 7.99. The van der Waals surface area contributed by atoms with Crippen LogP contribution < -0.4 is 0 Å². The lowest BCUT2D eigenvalue weighted by molar-refractivity contribution is 0.423. The molecule has 340 valence electrons. The van der Waals surface area contributed by atoms with E-state index in [1.54, 1.807) is 23.5 Å². The molecule has 59 heavy (non-hydrogen) atoms. The summed E-state index contributed by atoms with van der Waals surface area (Å²) in [5.41, 5.74) is 2.47. The van der Waals surface area contributed by atoms with Gasteiger partial charge < -0.3 is 5.11 Å². The van der Waals surface area contributed by atoms with Crippen LogP contribution in [0.15, 0.2) is 22.4 Å². The lowest BCUT2D eigenvalue weighted by Crippen LogP contribution is -2.17. The number of rotatable bonds is 37. The van der Waals surface area contributed by atoms with Crippen LogP contribution in [0, 0.1) is 0 Å². The maximum absolute atomic E-state index is 11.4. The molecule has 4 nitrogen and oxygen atoms in total. The summed E-state index contributed by atoms with van der Waals surface area (Å²) in [4.78, 5) is 15.1. The van der Waals surface area contributed by atoms with E-state index in [4.69, 9.17) is 15.0 Å². The van der Waals surface area contributed by atoms with Crippen LogP contribution in [-0.4, -0.2) is 31.6 Å². The second kappa shape index (κ2) is 33.3. The predicted octanol–water partition coefficient (Wildman–Crippen LogP) is 18.5. The van der Waals surface area contributed by atoms with Gasteiger partial charge in [-0.2, -0.15) is 4.98 Å². The summed E-state index contributed by atoms with van der Waals surface area (Å²) in [5, 5.41) is 13.1. The van der Waals surface area contributed by atoms with Crippen molar-refractivity contribution in [3.8, 4) is 17.1 Å². The van der Waals surface area contributed by atoms with Gasteiger partial charge in [0.15, 0.2) is 16.1 Å². The fourth-order valence-corrected chi connectivity index (χ4v) is 9.85. The maximum atomic E-state index is 11.4. The number of hydrogen-bond acceptors (Lipinski definition) is 6. The second-order valence-corrected chi connectivity index (χ2v) is 22.1. The number of nitrogens with zero attached hydrogens (tertiary/aromatic N) is 3. The van der Waals surface area contributed by atoms with Crippen molar-refractivity contribution in [2.45, 2.75) is 282 Å². The molecule has 0 unspecified atom stereocenters. The SMILES string of the molecule is CCCCCCCCCCCCCCCCCCSc1nc(SCCCCCCCCCCCCCCCCCC)nc(-c2cc(C(C)(C)C)c(O)c(C(C)(C)C)c2)n1. The Hall–Kier alpha value is -1.27. The number of hydrogen-bond donors (Lipinski definition) is 1. The Bertz CT molecular complexity index is 1230. The first-order chi connectivity index (χ1) is 28.5. The van der Waals surface area contributed by atoms with E-state index >= 15 is 0 Å². The molecule has 1 aromatic carbocycles. The zero-order valence-corrected chi connectivity index (χ0v) is 41.9. The third-order valence-electron chi connectivity index (χ3n) is 12.0. The molecule has 2 aromatic rings. The Morgan fingerprint density at radius 3 is 0.898 bits per heavy atom. The van der Waals surface area contributed by atoms with E-state index in [-0.39, 0.29) is 10.8 Å². The average Bonchev–Trinajstić information content (AvgIpc) is 3.19. The highest BCUT2D eigenvalue weighted by Gasteiger charge is 2.27. The van der Waals surface area contributed by atoms with Gasteiger partial charge in [-0.25, -0.2) is 9.97 Å². The Kier molecular flexibility index (Phi) is 30.4. The molecule has 0 radical (unpaired) electrons. The van der Waals surface area contributed by atoms with Gasteiger partial charge in [-0.1, -0.05) is 272 Å². The highest BCUT2D eigenvalue weighted by atomic mass is 32.2. The van der Waals surface area contributed by atoms with Crippen LogP contribution in [0.5, 0.6) is 5.75 Å². The first-order valence-corrected chi connectivity index (χ1v) is 27.3. The molecule has 0 amide bonds. The number of phenolic OH excluding ortho intramolecular Hbond substituents is 1. The summed E-state index contributed by atoms with van der Waals surface area (Å²) in [7, 11) is 0. The quantitative estimate of drug-likeness (QED) is 0.0540. The third kappa shape index (κ3) is 26.1. The van der Waals surface area contributed by atoms with Crippen LogP contribution in [0.4, 0.5) is 0 Å². The maximum Gasteiger partial charge on any atom is 0.192 e. The van der Waals surface area contributed by atoms with E-state index in [0.717, 1.165) is 44.3 Å². The normalized spacial score (nSPS) is 12.2. The van der Waals surface area contributed by atoms with Gasteiger partial charge in [-0.15, -0.1) is 0 Å². The van der Waals surface area contributed by atoms with Crippen LogP contribution in [0.2, 0.25) is 0 Å². The molecule has 0 aliphatic heterocycles. The standard InChI is InChI=1S/C53H95N3OS2/c1-9-11-13-15-17-19-21-23-25-27-29-31-33-35-37-39-41-58-50-54-49(45-43-46(52(3,4)5)48(57)47(44-45)53(6,7)8)55-51(56-50)59-42-40-38-36-34-32-30-28-26-24-22-20-18-16-14-12-10-2/h43-44,57H,9-42H2,1-8H3. The molecule has 0 bridgehead atoms. The molecule has 1 heterocycles. The first kappa shape index (κ1) is 53.9. The first-order valence-electron chi connectivity index (χ1n) is 25.4. The van der Waals surface area contributed by atoms with Crippen molar-refractivity contribution < 1.29 is 5.11 Å². The van der Waals surface area contributed by atoms with Gasteiger partial charge in [0.2, 0.25) is 0 Å². The van der Waals surface area contributed by atoms with E-state index in [0.29, 0.717) is 5.75 Å². The Morgan fingerprint density at radius 2 is 0.644 bits per heavy atom. The number of benzene rings is 1. The van der Waals surface area contributed by atoms with Crippen LogP contribution in [0.3, 0.4) is 0 Å². The van der Waals surface area contributed by atoms with Crippen molar-refractivity contribution in [1.82, 2.24) is 15.0 Å². The molecule has 0 saturated carbocycles. The average molecular weight is 854 g/mol. The molecule has 0 saturated heterocycles. The molecule has 1 N–H and O–H groups in total. The van der Waals surface area contributed by atoms with E-state index in [9.17, 15) is 5.11 Å². The number of aromatic hydroxyl groups is 1. The fraction of sp³-hybridized carbons (Fsp3) is 0.830. The zero-order chi connectivity index (χ0) is 43.0. The second-order valence-electron chi connectivity index (χ2n) is 19.9. The molecule has 1 aromatic heterocycles. The lowest BCUT2D eigenvalue weighted by Gasteiger charge is -2.28. The van der Waals surface area contributed by atoms with Gasteiger partial charge in [0.05, 0.1) is 0 Å². The van der Waals surface area contributed by atoms with Crippen molar-refractivity contribution in [1.29, 1.82) is 0 Å². The largest absolute Gasteiger partial charge is 0.507 e. The molecule has 0 aliphatic rings. The van der Waals surface area contributed by atoms with Gasteiger partial charge in [-0.3, -0.25) is 0 Å². The van der Waals surface area contributed by atoms with Crippen LogP contribution >= 0.6 is 23.5 Å². The topological polar surface area (TPSA) is 58.9 Å². The summed E-state index contributed by atoms with van der Waals surface area (Å²) in [6.45, 7) is 17.6. The molecule has 6 heteroatoms. The van der Waals surface area contributed by atoms with Crippen molar-refractivity contribution in [3.05, 3.63) is 23.3 Å². The van der Waals surface area contributed by atoms with E-state index < -0.39 is 0 Å². The molecular weight excluding hydrogens is 759 g/mol. The van der Waals surface area contributed by atoms with Crippen LogP contribution in [0.1, 0.15) is 272 Å². The number of thioether (sulfide) groups is 2. The van der Waals surface area contributed by atoms with Crippen LogP contribution in [-0.2, 0) is 10.8 Å². The summed E-state index contributed by atoms with van der Waals surface area (Å²) < 4.78 is 0. The van der Waals surface area contributed by atoms with Gasteiger partial charge >= 0.3 is 0 Å². The van der Waals surface area contributed by atoms with E-state index in [1.165, 1.54) is 205 Å². The monoisotopic (exact) mass is 854 g/mol. The van der Waals surface area contributed by atoms with Gasteiger partial charge in [0, 0.05) is 28.2 Å². The summed E-state index contributed by atoms with van der Waals surface area (Å²) in [6.07, 6.45) is 44.5. The predicted molar refractivity (Wildman–Crippen MR) is 265 cm³/mol. The van der Waals surface area contributed by atoms with E-state index in [2.05, 4.69) is 67.5 Å². The minimum absolute atomic E-state index is 0.206. The third-order valence-corrected chi connectivity index (χ3v) is 13.9. The number of phenols is 1. The van der Waals surface area contributed by atoms with Gasteiger partial charge in [0.25, 0.3) is 0 Å². The fourth-order valence-electron chi connectivity index (χ4n) is 8.13. The minimum Gasteiger partial charge on any atom is -0.507 e. The highest BCUT2D eigenvalue weighted by Crippen LogP contribution is 2.42.